The van der Waals surface area contributed by atoms with E-state index in [1.807, 2.05) is 0 Å². The van der Waals surface area contributed by atoms with Crippen LogP contribution in [0.15, 0.2) is 12.7 Å². The number of hydrogen-bond donors (Lipinski definition) is 1. The van der Waals surface area contributed by atoms with Crippen molar-refractivity contribution >= 4 is 11.8 Å². The summed E-state index contributed by atoms with van der Waals surface area (Å²) in [5.41, 5.74) is 0. The molecule has 1 aliphatic heterocycles. The highest BCUT2D eigenvalue weighted by Gasteiger charge is 2.46. The van der Waals surface area contributed by atoms with E-state index < -0.39 is 5.79 Å². The summed E-state index contributed by atoms with van der Waals surface area (Å²) in [6.45, 7) is 4.72. The third kappa shape index (κ3) is 3.44. The van der Waals surface area contributed by atoms with E-state index in [-0.39, 0.29) is 23.8 Å². The van der Waals surface area contributed by atoms with Gasteiger partial charge in [0.2, 0.25) is 11.8 Å². The van der Waals surface area contributed by atoms with Crippen LogP contribution in [0.1, 0.15) is 25.7 Å². The molecule has 0 spiro atoms. The largest absolute Gasteiger partial charge is 0.353 e. The van der Waals surface area contributed by atoms with Crippen molar-refractivity contribution in [3.05, 3.63) is 12.7 Å². The molecule has 2 aliphatic rings. The molecule has 0 unspecified atom stereocenters. The van der Waals surface area contributed by atoms with Crippen LogP contribution < -0.4 is 5.32 Å². The molecule has 1 heterocycles. The van der Waals surface area contributed by atoms with Crippen molar-refractivity contribution in [1.29, 1.82) is 0 Å². The van der Waals surface area contributed by atoms with Crippen LogP contribution in [0.3, 0.4) is 0 Å². The maximum absolute atomic E-state index is 12.2. The van der Waals surface area contributed by atoms with Gasteiger partial charge in [-0.15, -0.1) is 0 Å². The first-order valence-electron chi connectivity index (χ1n) is 7.35. The molecule has 1 saturated carbocycles. The molecule has 6 heteroatoms. The molecule has 2 fully saturated rings. The summed E-state index contributed by atoms with van der Waals surface area (Å²) >= 11 is 0. The normalized spacial score (nSPS) is 22.5. The first-order chi connectivity index (χ1) is 10.0. The van der Waals surface area contributed by atoms with Crippen LogP contribution in [0.4, 0.5) is 0 Å². The zero-order chi connectivity index (χ0) is 15.5. The second kappa shape index (κ2) is 6.58. The van der Waals surface area contributed by atoms with Gasteiger partial charge in [0, 0.05) is 52.1 Å². The van der Waals surface area contributed by atoms with Crippen molar-refractivity contribution in [3.63, 3.8) is 0 Å². The molecule has 1 aliphatic carbocycles. The van der Waals surface area contributed by atoms with E-state index in [4.69, 9.17) is 9.47 Å². The first kappa shape index (κ1) is 16.0. The van der Waals surface area contributed by atoms with Crippen LogP contribution in [0, 0.1) is 5.92 Å². The number of nitrogens with one attached hydrogen (secondary N) is 1. The fraction of sp³-hybridized carbons (Fsp3) is 0.733. The summed E-state index contributed by atoms with van der Waals surface area (Å²) < 4.78 is 10.6. The van der Waals surface area contributed by atoms with E-state index in [2.05, 4.69) is 11.9 Å². The molecule has 1 saturated heterocycles. The number of piperidine rings is 1. The van der Waals surface area contributed by atoms with Crippen molar-refractivity contribution in [1.82, 2.24) is 10.2 Å². The molecule has 6 nitrogen and oxygen atoms in total. The van der Waals surface area contributed by atoms with Gasteiger partial charge >= 0.3 is 0 Å². The Kier molecular flexibility index (Phi) is 5.00. The van der Waals surface area contributed by atoms with Crippen LogP contribution in [0.5, 0.6) is 0 Å². The van der Waals surface area contributed by atoms with E-state index in [0.29, 0.717) is 38.8 Å². The van der Waals surface area contributed by atoms with E-state index >= 15 is 0 Å². The van der Waals surface area contributed by atoms with E-state index in [1.165, 1.54) is 6.08 Å². The van der Waals surface area contributed by atoms with Gasteiger partial charge in [-0.25, -0.2) is 0 Å². The van der Waals surface area contributed by atoms with E-state index in [1.54, 1.807) is 19.1 Å². The zero-order valence-electron chi connectivity index (χ0n) is 12.8. The second-order valence-corrected chi connectivity index (χ2v) is 5.74. The monoisotopic (exact) mass is 296 g/mol. The van der Waals surface area contributed by atoms with Crippen molar-refractivity contribution in [3.8, 4) is 0 Å². The fourth-order valence-corrected chi connectivity index (χ4v) is 3.02. The van der Waals surface area contributed by atoms with Crippen LogP contribution in [0.2, 0.25) is 0 Å². The molecule has 0 aromatic rings. The van der Waals surface area contributed by atoms with Crippen LogP contribution in [-0.2, 0) is 19.1 Å². The Hall–Kier alpha value is -1.40. The minimum atomic E-state index is -0.530. The number of rotatable bonds is 5. The molecule has 2 amide bonds. The maximum atomic E-state index is 12.2. The lowest BCUT2D eigenvalue weighted by molar-refractivity contribution is -0.259. The van der Waals surface area contributed by atoms with Gasteiger partial charge in [0.1, 0.15) is 0 Å². The fourth-order valence-electron chi connectivity index (χ4n) is 3.02. The Bertz CT molecular complexity index is 404. The van der Waals surface area contributed by atoms with Gasteiger partial charge in [-0.05, 0) is 18.9 Å². The summed E-state index contributed by atoms with van der Waals surface area (Å²) in [5.74, 6) is -0.527. The molecule has 1 N–H and O–H groups in total. The van der Waals surface area contributed by atoms with Crippen molar-refractivity contribution in [2.75, 3.05) is 27.3 Å². The minimum absolute atomic E-state index is 0.0149. The van der Waals surface area contributed by atoms with E-state index in [0.717, 1.165) is 0 Å². The predicted molar refractivity (Wildman–Crippen MR) is 77.4 cm³/mol. The lowest BCUT2D eigenvalue weighted by Gasteiger charge is -2.45. The number of ether oxygens (including phenoxy) is 2. The zero-order valence-corrected chi connectivity index (χ0v) is 12.8. The summed E-state index contributed by atoms with van der Waals surface area (Å²) in [5, 5.41) is 3.04. The average molecular weight is 296 g/mol. The number of carbonyl (C=O) groups is 2. The van der Waals surface area contributed by atoms with Crippen molar-refractivity contribution < 1.29 is 19.1 Å². The van der Waals surface area contributed by atoms with Crippen LogP contribution in [-0.4, -0.2) is 55.9 Å². The SMILES string of the molecule is C=CC(=O)N1CCC(C(=O)NC2CC(OC)(OC)C2)CC1. The van der Waals surface area contributed by atoms with Crippen molar-refractivity contribution in [2.45, 2.75) is 37.5 Å². The van der Waals surface area contributed by atoms with Crippen LogP contribution >= 0.6 is 0 Å². The summed E-state index contributed by atoms with van der Waals surface area (Å²) in [7, 11) is 3.24. The summed E-state index contributed by atoms with van der Waals surface area (Å²) in [6.07, 6.45) is 4.10. The predicted octanol–water partition coefficient (Wildman–Crippen LogP) is 0.679. The highest BCUT2D eigenvalue weighted by Crippen LogP contribution is 2.36. The number of likely N-dealkylation sites (tertiary alicyclic amines) is 1. The number of amides is 2. The number of nitrogens with zero attached hydrogens (tertiary/aromatic N) is 1. The van der Waals surface area contributed by atoms with Gasteiger partial charge in [-0.2, -0.15) is 0 Å². The van der Waals surface area contributed by atoms with Gasteiger partial charge in [0.25, 0.3) is 0 Å². The average Bonchev–Trinajstić information content (AvgIpc) is 2.49. The molecular formula is C15H24N2O4. The van der Waals surface area contributed by atoms with Crippen molar-refractivity contribution in [2.24, 2.45) is 5.92 Å². The van der Waals surface area contributed by atoms with Gasteiger partial charge in [0.15, 0.2) is 5.79 Å². The minimum Gasteiger partial charge on any atom is -0.353 e. The molecule has 0 radical (unpaired) electrons. The molecule has 0 aromatic heterocycles. The topological polar surface area (TPSA) is 67.9 Å². The smallest absolute Gasteiger partial charge is 0.245 e. The molecule has 21 heavy (non-hydrogen) atoms. The second-order valence-electron chi connectivity index (χ2n) is 5.74. The third-order valence-electron chi connectivity index (χ3n) is 4.56. The highest BCUT2D eigenvalue weighted by atomic mass is 16.7. The molecule has 0 aromatic carbocycles. The lowest BCUT2D eigenvalue weighted by Crippen LogP contribution is -2.58. The molecule has 118 valence electrons. The third-order valence-corrected chi connectivity index (χ3v) is 4.56. The van der Waals surface area contributed by atoms with Crippen LogP contribution in [0.25, 0.3) is 0 Å². The molecule has 2 rings (SSSR count). The Balaban J connectivity index is 1.74. The Morgan fingerprint density at radius 2 is 1.81 bits per heavy atom. The first-order valence-corrected chi connectivity index (χ1v) is 7.35. The van der Waals surface area contributed by atoms with Gasteiger partial charge in [-0.1, -0.05) is 6.58 Å². The standard InChI is InChI=1S/C15H24N2O4/c1-4-13(18)17-7-5-11(6-8-17)14(19)16-12-9-15(10-12,20-2)21-3/h4,11-12H,1,5-10H2,2-3H3,(H,16,19). The maximum Gasteiger partial charge on any atom is 0.245 e. The molecular weight excluding hydrogens is 272 g/mol. The molecule has 0 atom stereocenters. The van der Waals surface area contributed by atoms with Gasteiger partial charge in [-0.3, -0.25) is 9.59 Å². The number of hydrogen-bond acceptors (Lipinski definition) is 4. The Morgan fingerprint density at radius 3 is 2.29 bits per heavy atom. The quantitative estimate of drug-likeness (QED) is 0.598. The Labute approximate surface area is 125 Å². The summed E-state index contributed by atoms with van der Waals surface area (Å²) in [6, 6.07) is 0.116. The number of carbonyl (C=O) groups excluding carboxylic acids is 2. The molecule has 0 bridgehead atoms. The van der Waals surface area contributed by atoms with Gasteiger partial charge in [0.05, 0.1) is 0 Å². The number of methoxy groups -OCH3 is 2. The Morgan fingerprint density at radius 1 is 1.24 bits per heavy atom. The summed E-state index contributed by atoms with van der Waals surface area (Å²) in [4.78, 5) is 25.4. The van der Waals surface area contributed by atoms with Gasteiger partial charge < -0.3 is 19.7 Å². The van der Waals surface area contributed by atoms with E-state index in [9.17, 15) is 9.59 Å². The lowest BCUT2D eigenvalue weighted by atomic mass is 9.84. The highest BCUT2D eigenvalue weighted by molar-refractivity contribution is 5.87.